The Labute approximate surface area is 130 Å². The second-order valence-corrected chi connectivity index (χ2v) is 6.18. The lowest BCUT2D eigenvalue weighted by Gasteiger charge is -2.15. The van der Waals surface area contributed by atoms with Gasteiger partial charge in [0.15, 0.2) is 5.84 Å². The van der Waals surface area contributed by atoms with Gasteiger partial charge in [0.25, 0.3) is 0 Å². The van der Waals surface area contributed by atoms with E-state index in [9.17, 15) is 0 Å². The van der Waals surface area contributed by atoms with E-state index in [-0.39, 0.29) is 5.84 Å². The molecule has 4 N–H and O–H groups in total. The Kier molecular flexibility index (Phi) is 8.00. The SMILES string of the molecule is CCSCCC(C)NCc1ccc(/C(N)=N/O)c(OC)c1. The summed E-state index contributed by atoms with van der Waals surface area (Å²) in [5.41, 5.74) is 7.31. The first-order valence-electron chi connectivity index (χ1n) is 7.08. The second kappa shape index (κ2) is 9.52. The van der Waals surface area contributed by atoms with Gasteiger partial charge in [-0.05, 0) is 42.5 Å². The molecule has 1 rings (SSSR count). The van der Waals surface area contributed by atoms with Crippen molar-refractivity contribution in [2.75, 3.05) is 18.6 Å². The lowest BCUT2D eigenvalue weighted by atomic mass is 10.1. The monoisotopic (exact) mass is 311 g/mol. The van der Waals surface area contributed by atoms with Crippen LogP contribution in [-0.4, -0.2) is 35.7 Å². The minimum atomic E-state index is 0.0521. The molecule has 0 radical (unpaired) electrons. The maximum absolute atomic E-state index is 8.75. The van der Waals surface area contributed by atoms with Gasteiger partial charge < -0.3 is 21.0 Å². The number of oxime groups is 1. The van der Waals surface area contributed by atoms with E-state index in [1.807, 2.05) is 30.0 Å². The molecule has 21 heavy (non-hydrogen) atoms. The van der Waals surface area contributed by atoms with Crippen LogP contribution in [0.15, 0.2) is 23.4 Å². The summed E-state index contributed by atoms with van der Waals surface area (Å²) < 4.78 is 5.29. The Morgan fingerprint density at radius 1 is 1.52 bits per heavy atom. The van der Waals surface area contributed by atoms with E-state index in [4.69, 9.17) is 15.7 Å². The van der Waals surface area contributed by atoms with Crippen molar-refractivity contribution in [3.05, 3.63) is 29.3 Å². The molecule has 1 aromatic carbocycles. The maximum Gasteiger partial charge on any atom is 0.173 e. The molecule has 1 aromatic rings. The number of amidine groups is 1. The number of nitrogens with zero attached hydrogens (tertiary/aromatic N) is 1. The van der Waals surface area contributed by atoms with E-state index in [0.717, 1.165) is 18.5 Å². The zero-order valence-corrected chi connectivity index (χ0v) is 13.7. The van der Waals surface area contributed by atoms with Crippen molar-refractivity contribution in [2.24, 2.45) is 10.9 Å². The molecular weight excluding hydrogens is 286 g/mol. The smallest absolute Gasteiger partial charge is 0.173 e. The fourth-order valence-corrected chi connectivity index (χ4v) is 2.72. The first-order valence-corrected chi connectivity index (χ1v) is 8.23. The molecule has 0 aromatic heterocycles. The molecule has 0 aliphatic heterocycles. The van der Waals surface area contributed by atoms with Gasteiger partial charge in [-0.25, -0.2) is 0 Å². The Morgan fingerprint density at radius 3 is 2.90 bits per heavy atom. The number of nitrogens with one attached hydrogen (secondary N) is 1. The summed E-state index contributed by atoms with van der Waals surface area (Å²) in [6.07, 6.45) is 1.15. The van der Waals surface area contributed by atoms with Gasteiger partial charge in [0, 0.05) is 12.6 Å². The van der Waals surface area contributed by atoms with Crippen molar-refractivity contribution in [1.29, 1.82) is 0 Å². The highest BCUT2D eigenvalue weighted by Crippen LogP contribution is 2.20. The number of nitrogens with two attached hydrogens (primary N) is 1. The third-order valence-corrected chi connectivity index (χ3v) is 4.14. The predicted octanol–water partition coefficient (Wildman–Crippen LogP) is 2.41. The van der Waals surface area contributed by atoms with Crippen molar-refractivity contribution in [3.8, 4) is 5.75 Å². The van der Waals surface area contributed by atoms with Gasteiger partial charge in [-0.15, -0.1) is 0 Å². The first-order chi connectivity index (χ1) is 10.1. The number of thioether (sulfide) groups is 1. The van der Waals surface area contributed by atoms with Crippen molar-refractivity contribution in [1.82, 2.24) is 5.32 Å². The average molecular weight is 311 g/mol. The van der Waals surface area contributed by atoms with Gasteiger partial charge in [-0.1, -0.05) is 18.1 Å². The molecule has 0 saturated carbocycles. The molecule has 5 nitrogen and oxygen atoms in total. The normalized spacial score (nSPS) is 13.2. The molecule has 0 amide bonds. The van der Waals surface area contributed by atoms with Crippen molar-refractivity contribution in [2.45, 2.75) is 32.9 Å². The molecule has 0 spiro atoms. The lowest BCUT2D eigenvalue weighted by Crippen LogP contribution is -2.26. The van der Waals surface area contributed by atoms with Crippen molar-refractivity contribution in [3.63, 3.8) is 0 Å². The molecule has 0 bridgehead atoms. The van der Waals surface area contributed by atoms with Crippen LogP contribution in [0.5, 0.6) is 5.75 Å². The fourth-order valence-electron chi connectivity index (χ4n) is 1.91. The summed E-state index contributed by atoms with van der Waals surface area (Å²) in [7, 11) is 1.57. The van der Waals surface area contributed by atoms with E-state index in [1.165, 1.54) is 11.5 Å². The molecule has 1 unspecified atom stereocenters. The average Bonchev–Trinajstić information content (AvgIpc) is 2.52. The highest BCUT2D eigenvalue weighted by atomic mass is 32.2. The van der Waals surface area contributed by atoms with Gasteiger partial charge in [0.05, 0.1) is 12.7 Å². The van der Waals surface area contributed by atoms with Crippen LogP contribution >= 0.6 is 11.8 Å². The van der Waals surface area contributed by atoms with Gasteiger partial charge in [-0.3, -0.25) is 0 Å². The van der Waals surface area contributed by atoms with E-state index in [1.54, 1.807) is 7.11 Å². The van der Waals surface area contributed by atoms with Crippen molar-refractivity contribution >= 4 is 17.6 Å². The number of benzene rings is 1. The third kappa shape index (κ3) is 5.85. The minimum absolute atomic E-state index is 0.0521. The van der Waals surface area contributed by atoms with Crippen LogP contribution in [-0.2, 0) is 6.54 Å². The largest absolute Gasteiger partial charge is 0.496 e. The molecule has 6 heteroatoms. The first kappa shape index (κ1) is 17.7. The van der Waals surface area contributed by atoms with Crippen LogP contribution in [0.3, 0.4) is 0 Å². The number of hydrogen-bond acceptors (Lipinski definition) is 5. The lowest BCUT2D eigenvalue weighted by molar-refractivity contribution is 0.318. The Hall–Kier alpha value is -1.40. The molecule has 118 valence electrons. The highest BCUT2D eigenvalue weighted by molar-refractivity contribution is 7.99. The predicted molar refractivity (Wildman–Crippen MR) is 89.4 cm³/mol. The minimum Gasteiger partial charge on any atom is -0.496 e. The summed E-state index contributed by atoms with van der Waals surface area (Å²) in [6, 6.07) is 6.14. The summed E-state index contributed by atoms with van der Waals surface area (Å²) in [6.45, 7) is 5.14. The van der Waals surface area contributed by atoms with E-state index in [0.29, 0.717) is 17.4 Å². The number of methoxy groups -OCH3 is 1. The van der Waals surface area contributed by atoms with Crippen molar-refractivity contribution < 1.29 is 9.94 Å². The summed E-state index contributed by atoms with van der Waals surface area (Å²) in [4.78, 5) is 0. The van der Waals surface area contributed by atoms with Crippen LogP contribution in [0.4, 0.5) is 0 Å². The van der Waals surface area contributed by atoms with Crippen LogP contribution in [0.2, 0.25) is 0 Å². The third-order valence-electron chi connectivity index (χ3n) is 3.20. The maximum atomic E-state index is 8.75. The van der Waals surface area contributed by atoms with Crippen LogP contribution in [0, 0.1) is 0 Å². The number of rotatable bonds is 9. The fraction of sp³-hybridized carbons (Fsp3) is 0.533. The molecule has 0 heterocycles. The Balaban J connectivity index is 2.60. The molecule has 0 saturated heterocycles. The molecule has 1 atom stereocenters. The highest BCUT2D eigenvalue weighted by Gasteiger charge is 2.09. The Bertz CT molecular complexity index is 466. The quantitative estimate of drug-likeness (QED) is 0.214. The second-order valence-electron chi connectivity index (χ2n) is 4.79. The number of ether oxygens (including phenoxy) is 1. The van der Waals surface area contributed by atoms with Crippen LogP contribution in [0.25, 0.3) is 0 Å². The van der Waals surface area contributed by atoms with E-state index < -0.39 is 0 Å². The Morgan fingerprint density at radius 2 is 2.29 bits per heavy atom. The van der Waals surface area contributed by atoms with Gasteiger partial charge in [0.2, 0.25) is 0 Å². The van der Waals surface area contributed by atoms with Gasteiger partial charge in [-0.2, -0.15) is 11.8 Å². The summed E-state index contributed by atoms with van der Waals surface area (Å²) >= 11 is 1.96. The van der Waals surface area contributed by atoms with E-state index >= 15 is 0 Å². The van der Waals surface area contributed by atoms with Gasteiger partial charge in [0.1, 0.15) is 5.75 Å². The molecular formula is C15H25N3O2S. The van der Waals surface area contributed by atoms with Crippen LogP contribution < -0.4 is 15.8 Å². The molecule has 0 aliphatic rings. The van der Waals surface area contributed by atoms with Gasteiger partial charge >= 0.3 is 0 Å². The molecule has 0 fully saturated rings. The standard InChI is InChI=1S/C15H25N3O2S/c1-4-21-8-7-11(2)17-10-12-5-6-13(15(16)18-19)14(9-12)20-3/h5-6,9,11,17,19H,4,7-8,10H2,1-3H3,(H2,16,18). The zero-order chi connectivity index (χ0) is 15.7. The van der Waals surface area contributed by atoms with Crippen LogP contribution in [0.1, 0.15) is 31.4 Å². The number of hydrogen-bond donors (Lipinski definition) is 3. The summed E-state index contributed by atoms with van der Waals surface area (Å²) in [5.74, 6) is 3.01. The topological polar surface area (TPSA) is 79.9 Å². The summed E-state index contributed by atoms with van der Waals surface area (Å²) in [5, 5.41) is 15.3. The molecule has 0 aliphatic carbocycles. The zero-order valence-electron chi connectivity index (χ0n) is 12.9. The van der Waals surface area contributed by atoms with E-state index in [2.05, 4.69) is 24.3 Å².